The van der Waals surface area contributed by atoms with Gasteiger partial charge in [-0.25, -0.2) is 4.98 Å². The second kappa shape index (κ2) is 8.24. The van der Waals surface area contributed by atoms with E-state index in [4.69, 9.17) is 0 Å². The molecule has 3 aromatic rings. The highest BCUT2D eigenvalue weighted by Crippen LogP contribution is 2.24. The maximum atomic E-state index is 12.5. The molecule has 1 aliphatic rings. The van der Waals surface area contributed by atoms with Crippen molar-refractivity contribution in [3.05, 3.63) is 36.9 Å². The Kier molecular flexibility index (Phi) is 5.66. The van der Waals surface area contributed by atoms with E-state index in [1.165, 1.54) is 0 Å². The summed E-state index contributed by atoms with van der Waals surface area (Å²) in [6.07, 6.45) is 7.42. The van der Waals surface area contributed by atoms with Crippen molar-refractivity contribution >= 4 is 46.2 Å². The Balaban J connectivity index is 1.49. The number of nitrogens with zero attached hydrogens (tertiary/aromatic N) is 6. The van der Waals surface area contributed by atoms with E-state index in [-0.39, 0.29) is 11.1 Å². The van der Waals surface area contributed by atoms with Crippen molar-refractivity contribution in [2.24, 2.45) is 0 Å². The molecule has 4 heterocycles. The molecule has 1 amide bonds. The largest absolute Gasteiger partial charge is 0.310 e. The van der Waals surface area contributed by atoms with Gasteiger partial charge in [0.25, 0.3) is 0 Å². The van der Waals surface area contributed by atoms with Crippen molar-refractivity contribution in [3.63, 3.8) is 0 Å². The topological polar surface area (TPSA) is 79.2 Å². The molecule has 0 radical (unpaired) electrons. The molecule has 3 aromatic heterocycles. The summed E-state index contributed by atoms with van der Waals surface area (Å²) in [6, 6.07) is 3.94. The van der Waals surface area contributed by atoms with E-state index in [0.717, 1.165) is 48.2 Å². The summed E-state index contributed by atoms with van der Waals surface area (Å²) >= 11 is 0. The maximum absolute atomic E-state index is 12.5. The monoisotopic (exact) mass is 401 g/mol. The molecule has 1 N–H and O–H groups in total. The van der Waals surface area contributed by atoms with Crippen LogP contribution in [0.15, 0.2) is 36.9 Å². The van der Waals surface area contributed by atoms with Crippen molar-refractivity contribution in [2.75, 3.05) is 45.1 Å². The lowest BCUT2D eigenvalue weighted by Crippen LogP contribution is -2.47. The fraction of sp³-hybridized carbons (Fsp3) is 0.368. The molecule has 152 valence electrons. The van der Waals surface area contributed by atoms with E-state index in [1.54, 1.807) is 6.20 Å². The van der Waals surface area contributed by atoms with Gasteiger partial charge in [0.1, 0.15) is 29.4 Å². The van der Waals surface area contributed by atoms with E-state index in [2.05, 4.69) is 66.8 Å². The zero-order valence-electron chi connectivity index (χ0n) is 18.1. The van der Waals surface area contributed by atoms with Gasteiger partial charge >= 0.3 is 0 Å². The summed E-state index contributed by atoms with van der Waals surface area (Å²) in [5.41, 5.74) is 2.79. The van der Waals surface area contributed by atoms with Crippen LogP contribution in [0.4, 0.5) is 5.82 Å². The number of hydrogen-bond acceptors (Lipinski definition) is 6. The van der Waals surface area contributed by atoms with Gasteiger partial charge in [-0.05, 0) is 24.4 Å². The number of amides is 1. The maximum Gasteiger partial charge on any atom is 0.239 e. The van der Waals surface area contributed by atoms with Crippen LogP contribution >= 0.6 is 0 Å². The summed E-state index contributed by atoms with van der Waals surface area (Å²) in [5.74, 6) is 0.507. The standard InChI is InChI=1S/C19H26B3N7O/c1-27-2-4-28(5-3-27)12-18(30)26-17-7-13-6-14(8-23-16(13)10-24-17)15-9-25-29(11-15)19(20,21)22/h6-11H,2-5,12,20-22H2,1H3,(H,24,26,30). The number of anilines is 1. The molecule has 0 aromatic carbocycles. The van der Waals surface area contributed by atoms with Gasteiger partial charge in [0.2, 0.25) is 5.91 Å². The fourth-order valence-electron chi connectivity index (χ4n) is 3.49. The first-order valence-corrected chi connectivity index (χ1v) is 10.3. The third-order valence-corrected chi connectivity index (χ3v) is 5.40. The summed E-state index contributed by atoms with van der Waals surface area (Å²) in [4.78, 5) is 25.8. The Morgan fingerprint density at radius 1 is 1.07 bits per heavy atom. The lowest BCUT2D eigenvalue weighted by Gasteiger charge is -2.31. The van der Waals surface area contributed by atoms with Crippen LogP contribution < -0.4 is 5.32 Å². The molecular formula is C19H26B3N7O. The number of rotatable bonds is 5. The minimum atomic E-state index is -0.0757. The molecule has 1 fully saturated rings. The first-order valence-electron chi connectivity index (χ1n) is 10.3. The summed E-state index contributed by atoms with van der Waals surface area (Å²) in [5, 5.41) is 8.25. The lowest BCUT2D eigenvalue weighted by atomic mass is 9.49. The zero-order valence-corrected chi connectivity index (χ0v) is 18.1. The van der Waals surface area contributed by atoms with Crippen molar-refractivity contribution in [3.8, 4) is 11.1 Å². The average molecular weight is 401 g/mol. The first kappa shape index (κ1) is 20.6. The van der Waals surface area contributed by atoms with Crippen LogP contribution in [0.2, 0.25) is 0 Å². The molecule has 0 aliphatic carbocycles. The molecule has 11 heteroatoms. The van der Waals surface area contributed by atoms with Gasteiger partial charge in [-0.15, -0.1) is 0 Å². The fourth-order valence-corrected chi connectivity index (χ4v) is 3.49. The van der Waals surface area contributed by atoms with Crippen molar-refractivity contribution in [2.45, 2.75) is 5.24 Å². The van der Waals surface area contributed by atoms with E-state index in [0.29, 0.717) is 12.4 Å². The normalized spacial score (nSPS) is 16.0. The number of fused-ring (bicyclic) bond motifs is 1. The molecular weight excluding hydrogens is 375 g/mol. The SMILES string of the molecule is BC(B)(B)n1cc(-c2cnc3cnc(NC(=O)CN4CCN(C)CC4)cc3c2)cn1. The molecule has 0 unspecified atom stereocenters. The highest BCUT2D eigenvalue weighted by Gasteiger charge is 2.17. The number of piperazine rings is 1. The summed E-state index contributed by atoms with van der Waals surface area (Å²) < 4.78 is 1.95. The number of nitrogens with one attached hydrogen (secondary N) is 1. The van der Waals surface area contributed by atoms with Crippen LogP contribution in [0.25, 0.3) is 22.0 Å². The number of carbonyl (C=O) groups is 1. The third kappa shape index (κ3) is 4.74. The highest BCUT2D eigenvalue weighted by molar-refractivity contribution is 6.56. The molecule has 4 rings (SSSR count). The molecule has 1 aliphatic heterocycles. The van der Waals surface area contributed by atoms with E-state index >= 15 is 0 Å². The molecule has 0 bridgehead atoms. The predicted molar refractivity (Wildman–Crippen MR) is 127 cm³/mol. The Bertz CT molecular complexity index is 1060. The minimum absolute atomic E-state index is 0.0398. The van der Waals surface area contributed by atoms with E-state index < -0.39 is 0 Å². The van der Waals surface area contributed by atoms with E-state index in [9.17, 15) is 4.79 Å². The molecule has 0 saturated carbocycles. The average Bonchev–Trinajstić information content (AvgIpc) is 3.20. The van der Waals surface area contributed by atoms with Crippen LogP contribution in [0, 0.1) is 0 Å². The number of pyridine rings is 2. The predicted octanol–water partition coefficient (Wildman–Crippen LogP) is -1.85. The molecule has 8 nitrogen and oxygen atoms in total. The van der Waals surface area contributed by atoms with Crippen LogP contribution in [0.1, 0.15) is 0 Å². The number of carbonyl (C=O) groups excluding carboxylic acids is 1. The summed E-state index contributed by atoms with van der Waals surface area (Å²) in [6.45, 7) is 4.18. The first-order chi connectivity index (χ1) is 14.3. The third-order valence-electron chi connectivity index (χ3n) is 5.40. The van der Waals surface area contributed by atoms with Gasteiger partial charge in [-0.2, -0.15) is 5.10 Å². The molecule has 1 saturated heterocycles. The highest BCUT2D eigenvalue weighted by atomic mass is 16.2. The Hall–Kier alpha value is -2.65. The molecule has 0 atom stereocenters. The van der Waals surface area contributed by atoms with Gasteiger partial charge in [0, 0.05) is 55.1 Å². The molecule has 0 spiro atoms. The van der Waals surface area contributed by atoms with Gasteiger partial charge in [-0.3, -0.25) is 19.4 Å². The zero-order chi connectivity index (χ0) is 21.3. The van der Waals surface area contributed by atoms with Gasteiger partial charge < -0.3 is 10.2 Å². The Morgan fingerprint density at radius 3 is 2.53 bits per heavy atom. The van der Waals surface area contributed by atoms with Crippen molar-refractivity contribution in [1.82, 2.24) is 29.5 Å². The second-order valence-electron chi connectivity index (χ2n) is 8.96. The summed E-state index contributed by atoms with van der Waals surface area (Å²) in [7, 11) is 8.45. The number of aromatic nitrogens is 4. The van der Waals surface area contributed by atoms with Gasteiger partial charge in [-0.1, -0.05) is 0 Å². The van der Waals surface area contributed by atoms with Gasteiger partial charge in [0.15, 0.2) is 0 Å². The number of likely N-dealkylation sites (N-methyl/N-ethyl adjacent to an activating group) is 1. The second-order valence-corrected chi connectivity index (χ2v) is 8.96. The Labute approximate surface area is 179 Å². The van der Waals surface area contributed by atoms with Crippen LogP contribution in [0.3, 0.4) is 0 Å². The van der Waals surface area contributed by atoms with Crippen LogP contribution in [-0.2, 0) is 10.0 Å². The Morgan fingerprint density at radius 2 is 1.83 bits per heavy atom. The van der Waals surface area contributed by atoms with Gasteiger partial charge in [0.05, 0.1) is 24.5 Å². The smallest absolute Gasteiger partial charge is 0.239 e. The quantitative estimate of drug-likeness (QED) is 0.506. The van der Waals surface area contributed by atoms with E-state index in [1.807, 2.05) is 29.3 Å². The lowest BCUT2D eigenvalue weighted by molar-refractivity contribution is -0.117. The molecule has 30 heavy (non-hydrogen) atoms. The van der Waals surface area contributed by atoms with Crippen LogP contribution in [-0.4, -0.2) is 98.8 Å². The number of hydrogen-bond donors (Lipinski definition) is 1. The minimum Gasteiger partial charge on any atom is -0.310 e. The van der Waals surface area contributed by atoms with Crippen LogP contribution in [0.5, 0.6) is 0 Å². The van der Waals surface area contributed by atoms with Crippen molar-refractivity contribution < 1.29 is 4.79 Å². The van der Waals surface area contributed by atoms with Crippen molar-refractivity contribution in [1.29, 1.82) is 0 Å².